The van der Waals surface area contributed by atoms with Gasteiger partial charge in [-0.3, -0.25) is 4.90 Å². The van der Waals surface area contributed by atoms with E-state index in [0.717, 1.165) is 6.54 Å². The maximum Gasteiger partial charge on any atom is 0.328 e. The van der Waals surface area contributed by atoms with Gasteiger partial charge in [0.15, 0.2) is 0 Å². The van der Waals surface area contributed by atoms with Crippen LogP contribution in [0.4, 0.5) is 0 Å². The second kappa shape index (κ2) is 7.53. The first-order valence-electron chi connectivity index (χ1n) is 4.70. The fourth-order valence-electron chi connectivity index (χ4n) is 1.06. The molecule has 0 fully saturated rings. The van der Waals surface area contributed by atoms with Crippen molar-refractivity contribution in [3.05, 3.63) is 12.2 Å². The monoisotopic (exact) mass is 201 g/mol. The van der Waals surface area contributed by atoms with Crippen LogP contribution in [0.3, 0.4) is 0 Å². The summed E-state index contributed by atoms with van der Waals surface area (Å²) >= 11 is 0. The van der Waals surface area contributed by atoms with Crippen LogP contribution in [0, 0.1) is 0 Å². The van der Waals surface area contributed by atoms with Crippen LogP contribution in [0.25, 0.3) is 0 Å². The fraction of sp³-hybridized carbons (Fsp3) is 0.700. The molecule has 0 aliphatic rings. The van der Waals surface area contributed by atoms with E-state index in [1.54, 1.807) is 13.2 Å². The van der Waals surface area contributed by atoms with Crippen molar-refractivity contribution in [2.24, 2.45) is 0 Å². The lowest BCUT2D eigenvalue weighted by molar-refractivity contribution is -0.131. The number of ether oxygens (including phenoxy) is 1. The Labute approximate surface area is 85.2 Å². The molecule has 0 spiro atoms. The van der Waals surface area contributed by atoms with Crippen LogP contribution in [0.5, 0.6) is 0 Å². The second-order valence-electron chi connectivity index (χ2n) is 3.32. The Balaban J connectivity index is 3.90. The number of carboxylic acids is 1. The Kier molecular flexibility index (Phi) is 7.06. The van der Waals surface area contributed by atoms with E-state index in [1.165, 1.54) is 6.08 Å². The van der Waals surface area contributed by atoms with E-state index in [1.807, 2.05) is 0 Å². The van der Waals surface area contributed by atoms with E-state index >= 15 is 0 Å². The average Bonchev–Trinajstić information content (AvgIpc) is 2.09. The Morgan fingerprint density at radius 1 is 1.57 bits per heavy atom. The van der Waals surface area contributed by atoms with Crippen LogP contribution in [0.15, 0.2) is 12.2 Å². The highest BCUT2D eigenvalue weighted by atomic mass is 16.5. The molecule has 0 bridgehead atoms. The largest absolute Gasteiger partial charge is 0.478 e. The van der Waals surface area contributed by atoms with Gasteiger partial charge in [-0.25, -0.2) is 4.79 Å². The van der Waals surface area contributed by atoms with E-state index in [9.17, 15) is 4.79 Å². The first-order chi connectivity index (χ1) is 6.57. The quantitative estimate of drug-likeness (QED) is 0.624. The Hall–Kier alpha value is -0.870. The van der Waals surface area contributed by atoms with E-state index in [-0.39, 0.29) is 0 Å². The third-order valence-corrected chi connectivity index (χ3v) is 1.91. The summed E-state index contributed by atoms with van der Waals surface area (Å²) in [5.41, 5.74) is 0. The van der Waals surface area contributed by atoms with Gasteiger partial charge in [0.1, 0.15) is 0 Å². The smallest absolute Gasteiger partial charge is 0.328 e. The summed E-state index contributed by atoms with van der Waals surface area (Å²) in [6.07, 6.45) is 2.82. The molecule has 82 valence electrons. The van der Waals surface area contributed by atoms with Crippen molar-refractivity contribution in [2.75, 3.05) is 26.8 Å². The zero-order valence-electron chi connectivity index (χ0n) is 9.06. The summed E-state index contributed by atoms with van der Waals surface area (Å²) in [7, 11) is 1.66. The third-order valence-electron chi connectivity index (χ3n) is 1.91. The Morgan fingerprint density at radius 3 is 2.64 bits per heavy atom. The standard InChI is InChI=1S/C10H19NO3/c1-9(2)11(7-8-14-3)6-4-5-10(12)13/h4-5,9H,6-8H2,1-3H3,(H,12,13)/b5-4+. The number of rotatable bonds is 7. The molecule has 0 saturated carbocycles. The molecule has 0 radical (unpaired) electrons. The maximum atomic E-state index is 10.2. The van der Waals surface area contributed by atoms with Gasteiger partial charge < -0.3 is 9.84 Å². The van der Waals surface area contributed by atoms with Crippen LogP contribution >= 0.6 is 0 Å². The Morgan fingerprint density at radius 2 is 2.21 bits per heavy atom. The summed E-state index contributed by atoms with van der Waals surface area (Å²) in [4.78, 5) is 12.4. The third kappa shape index (κ3) is 6.62. The molecule has 0 heterocycles. The highest BCUT2D eigenvalue weighted by Crippen LogP contribution is 1.97. The molecule has 0 aromatic heterocycles. The minimum atomic E-state index is -0.902. The summed E-state index contributed by atoms with van der Waals surface area (Å²) in [6.45, 7) is 6.28. The molecule has 0 aliphatic heterocycles. The molecule has 0 unspecified atom stereocenters. The highest BCUT2D eigenvalue weighted by Gasteiger charge is 2.06. The number of hydrogen-bond acceptors (Lipinski definition) is 3. The van der Waals surface area contributed by atoms with Crippen molar-refractivity contribution in [2.45, 2.75) is 19.9 Å². The minimum Gasteiger partial charge on any atom is -0.478 e. The predicted molar refractivity (Wildman–Crippen MR) is 55.4 cm³/mol. The number of carbonyl (C=O) groups is 1. The van der Waals surface area contributed by atoms with Gasteiger partial charge in [0.2, 0.25) is 0 Å². The van der Waals surface area contributed by atoms with Crippen molar-refractivity contribution >= 4 is 5.97 Å². The Bertz CT molecular complexity index is 190. The molecule has 4 nitrogen and oxygen atoms in total. The van der Waals surface area contributed by atoms with Crippen molar-refractivity contribution in [3.63, 3.8) is 0 Å². The van der Waals surface area contributed by atoms with Gasteiger partial charge in [0.05, 0.1) is 6.61 Å². The molecule has 0 saturated heterocycles. The van der Waals surface area contributed by atoms with E-state index in [2.05, 4.69) is 18.7 Å². The van der Waals surface area contributed by atoms with Gasteiger partial charge in [0, 0.05) is 32.3 Å². The predicted octanol–water partition coefficient (Wildman–Crippen LogP) is 0.984. The van der Waals surface area contributed by atoms with Crippen molar-refractivity contribution in [3.8, 4) is 0 Å². The summed E-state index contributed by atoms with van der Waals surface area (Å²) < 4.78 is 4.97. The molecule has 0 aromatic rings. The van der Waals surface area contributed by atoms with Crippen LogP contribution in [0.2, 0.25) is 0 Å². The average molecular weight is 201 g/mol. The zero-order valence-corrected chi connectivity index (χ0v) is 9.06. The number of nitrogens with zero attached hydrogens (tertiary/aromatic N) is 1. The molecule has 0 atom stereocenters. The molecule has 1 N–H and O–H groups in total. The lowest BCUT2D eigenvalue weighted by atomic mass is 10.3. The van der Waals surface area contributed by atoms with Crippen molar-refractivity contribution in [1.82, 2.24) is 4.90 Å². The van der Waals surface area contributed by atoms with Gasteiger partial charge >= 0.3 is 5.97 Å². The van der Waals surface area contributed by atoms with Crippen LogP contribution in [-0.4, -0.2) is 48.8 Å². The fourth-order valence-corrected chi connectivity index (χ4v) is 1.06. The van der Waals surface area contributed by atoms with Gasteiger partial charge in [-0.15, -0.1) is 0 Å². The van der Waals surface area contributed by atoms with E-state index in [4.69, 9.17) is 9.84 Å². The first-order valence-corrected chi connectivity index (χ1v) is 4.70. The van der Waals surface area contributed by atoms with Crippen molar-refractivity contribution in [1.29, 1.82) is 0 Å². The highest BCUT2D eigenvalue weighted by molar-refractivity contribution is 5.79. The van der Waals surface area contributed by atoms with Gasteiger partial charge in [-0.2, -0.15) is 0 Å². The van der Waals surface area contributed by atoms with E-state index in [0.29, 0.717) is 19.2 Å². The molecule has 4 heteroatoms. The number of carboxylic acid groups (broad SMARTS) is 1. The van der Waals surface area contributed by atoms with Gasteiger partial charge in [-0.1, -0.05) is 6.08 Å². The van der Waals surface area contributed by atoms with Crippen LogP contribution in [0.1, 0.15) is 13.8 Å². The van der Waals surface area contributed by atoms with Crippen LogP contribution < -0.4 is 0 Å². The number of hydrogen-bond donors (Lipinski definition) is 1. The molecular formula is C10H19NO3. The van der Waals surface area contributed by atoms with E-state index < -0.39 is 5.97 Å². The van der Waals surface area contributed by atoms with Gasteiger partial charge in [0.25, 0.3) is 0 Å². The van der Waals surface area contributed by atoms with Gasteiger partial charge in [-0.05, 0) is 13.8 Å². The minimum absolute atomic E-state index is 0.392. The topological polar surface area (TPSA) is 49.8 Å². The van der Waals surface area contributed by atoms with Crippen molar-refractivity contribution < 1.29 is 14.6 Å². The summed E-state index contributed by atoms with van der Waals surface area (Å²) in [5, 5.41) is 8.41. The molecule has 0 aromatic carbocycles. The lowest BCUT2D eigenvalue weighted by Crippen LogP contribution is -2.34. The molecule has 0 amide bonds. The molecular weight excluding hydrogens is 182 g/mol. The number of aliphatic carboxylic acids is 1. The summed E-state index contributed by atoms with van der Waals surface area (Å²) in [5.74, 6) is -0.902. The zero-order chi connectivity index (χ0) is 11.0. The molecule has 0 rings (SSSR count). The molecule has 14 heavy (non-hydrogen) atoms. The normalized spacial score (nSPS) is 11.8. The first kappa shape index (κ1) is 13.1. The second-order valence-corrected chi connectivity index (χ2v) is 3.32. The molecule has 0 aliphatic carbocycles. The lowest BCUT2D eigenvalue weighted by Gasteiger charge is -2.24. The number of methoxy groups -OCH3 is 1. The maximum absolute atomic E-state index is 10.2. The summed E-state index contributed by atoms with van der Waals surface area (Å²) in [6, 6.07) is 0.392. The van der Waals surface area contributed by atoms with Crippen LogP contribution in [-0.2, 0) is 9.53 Å². The SMILES string of the molecule is COCCN(C/C=C/C(=O)O)C(C)C.